The van der Waals surface area contributed by atoms with Crippen LogP contribution in [0.2, 0.25) is 0 Å². The minimum atomic E-state index is -1.26. The minimum absolute atomic E-state index is 0.135. The van der Waals surface area contributed by atoms with Gasteiger partial charge in [0.1, 0.15) is 18.1 Å². The molecule has 0 saturated carbocycles. The molecule has 11 heteroatoms. The molecule has 0 amide bonds. The minimum Gasteiger partial charge on any atom is -0.459 e. The number of methoxy groups -OCH3 is 1. The highest BCUT2D eigenvalue weighted by atomic mass is 16.7. The van der Waals surface area contributed by atoms with Gasteiger partial charge in [-0.05, 0) is 84.8 Å². The highest BCUT2D eigenvalue weighted by Crippen LogP contribution is 2.37. The van der Waals surface area contributed by atoms with E-state index in [1.807, 2.05) is 25.9 Å². The number of carbonyl (C=O) groups is 4. The van der Waals surface area contributed by atoms with Crippen molar-refractivity contribution in [3.05, 3.63) is 47.5 Å². The molecule has 0 spiro atoms. The van der Waals surface area contributed by atoms with Crippen molar-refractivity contribution in [3.8, 4) is 0 Å². The largest absolute Gasteiger partial charge is 0.459 e. The number of ether oxygens (including phenoxy) is 5. The number of carbonyl (C=O) groups excluding carboxylic acids is 4. The van der Waals surface area contributed by atoms with E-state index in [0.29, 0.717) is 17.6 Å². The summed E-state index contributed by atoms with van der Waals surface area (Å²) in [6.45, 7) is 11.9. The third-order valence-corrected chi connectivity index (χ3v) is 9.55. The van der Waals surface area contributed by atoms with Gasteiger partial charge in [-0.25, -0.2) is 4.79 Å². The zero-order chi connectivity index (χ0) is 35.2. The van der Waals surface area contributed by atoms with Crippen LogP contribution in [0.15, 0.2) is 42.0 Å². The number of cyclic esters (lactones) is 1. The molecule has 1 N–H and O–H groups in total. The van der Waals surface area contributed by atoms with Gasteiger partial charge in [-0.1, -0.05) is 39.0 Å². The predicted molar refractivity (Wildman–Crippen MR) is 174 cm³/mol. The Kier molecular flexibility index (Phi) is 13.5. The number of Topliss-reactive ketones (excluding diaryl/α,β-unsaturated/α-hetero) is 2. The van der Waals surface area contributed by atoms with E-state index in [1.165, 1.54) is 20.1 Å². The van der Waals surface area contributed by atoms with Gasteiger partial charge >= 0.3 is 11.9 Å². The maximum Gasteiger partial charge on any atom is 0.338 e. The first-order valence-corrected chi connectivity index (χ1v) is 16.5. The number of nitrogens with zero attached hydrogens (tertiary/aromatic N) is 1. The third kappa shape index (κ3) is 9.14. The summed E-state index contributed by atoms with van der Waals surface area (Å²) >= 11 is 0. The first-order valence-electron chi connectivity index (χ1n) is 16.5. The second-order valence-corrected chi connectivity index (χ2v) is 13.5. The van der Waals surface area contributed by atoms with Crippen LogP contribution in [0.25, 0.3) is 0 Å². The topological polar surface area (TPSA) is 138 Å². The molecule has 11 atom stereocenters. The molecule has 11 nitrogen and oxygen atoms in total. The molecule has 1 aromatic carbocycles. The number of hydrogen-bond acceptors (Lipinski definition) is 11. The molecule has 2 aliphatic rings. The molecular formula is C36H53NO10. The van der Waals surface area contributed by atoms with Gasteiger partial charge in [0, 0.05) is 18.9 Å². The Morgan fingerprint density at radius 1 is 1.09 bits per heavy atom. The number of benzene rings is 1. The average Bonchev–Trinajstić information content (AvgIpc) is 3.04. The molecule has 2 aliphatic heterocycles. The standard InChI is InChI=1S/C36H53NO10/c1-11-28-27(38)17-20(2)29(39)21(3)19-36(7,43-10)32(23(5)30(40)24(6)33(41)45-28)47-35-31(26(37(8)9)18-22(4)44-35)46-34(42)25-15-13-12-14-16-25/h12-17,21-24,26-28,31-32,35,38H,11,18-19H2,1-10H3/b20-17+/t21-,22-,23+,24-,26+,27+,28-,31-,32-,35?,36+/m1/s1. The van der Waals surface area contributed by atoms with E-state index in [-0.39, 0.29) is 30.8 Å². The molecule has 0 bridgehead atoms. The van der Waals surface area contributed by atoms with E-state index in [1.54, 1.807) is 65.0 Å². The maximum absolute atomic E-state index is 14.0. The molecule has 1 saturated heterocycles. The lowest BCUT2D eigenvalue weighted by molar-refractivity contribution is -0.294. The highest BCUT2D eigenvalue weighted by molar-refractivity contribution is 6.00. The van der Waals surface area contributed by atoms with Crippen LogP contribution in [0.5, 0.6) is 0 Å². The monoisotopic (exact) mass is 659 g/mol. The van der Waals surface area contributed by atoms with Gasteiger partial charge in [-0.2, -0.15) is 0 Å². The van der Waals surface area contributed by atoms with Gasteiger partial charge in [-0.3, -0.25) is 14.4 Å². The van der Waals surface area contributed by atoms with Crippen molar-refractivity contribution in [1.82, 2.24) is 4.90 Å². The summed E-state index contributed by atoms with van der Waals surface area (Å²) in [7, 11) is 5.24. The number of allylic oxidation sites excluding steroid dienone is 1. The van der Waals surface area contributed by atoms with Crippen LogP contribution < -0.4 is 0 Å². The van der Waals surface area contributed by atoms with Gasteiger partial charge in [0.05, 0.1) is 29.4 Å². The Morgan fingerprint density at radius 3 is 2.30 bits per heavy atom. The Balaban J connectivity index is 2.10. The molecule has 2 heterocycles. The van der Waals surface area contributed by atoms with Crippen LogP contribution in [0.3, 0.4) is 0 Å². The summed E-state index contributed by atoms with van der Waals surface area (Å²) in [5.74, 6) is -4.81. The van der Waals surface area contributed by atoms with Gasteiger partial charge in [-0.15, -0.1) is 0 Å². The number of rotatable bonds is 7. The van der Waals surface area contributed by atoms with Crippen molar-refractivity contribution in [1.29, 1.82) is 0 Å². The fourth-order valence-corrected chi connectivity index (χ4v) is 6.62. The van der Waals surface area contributed by atoms with Gasteiger partial charge in [0.2, 0.25) is 0 Å². The van der Waals surface area contributed by atoms with Crippen LogP contribution >= 0.6 is 0 Å². The second-order valence-electron chi connectivity index (χ2n) is 13.5. The number of esters is 2. The summed E-state index contributed by atoms with van der Waals surface area (Å²) in [5.41, 5.74) is -0.575. The molecule has 0 aliphatic carbocycles. The summed E-state index contributed by atoms with van der Waals surface area (Å²) < 4.78 is 30.8. The summed E-state index contributed by atoms with van der Waals surface area (Å²) in [6.07, 6.45) is -3.19. The lowest BCUT2D eigenvalue weighted by atomic mass is 9.77. The molecule has 1 aromatic rings. The second kappa shape index (κ2) is 16.4. The molecule has 262 valence electrons. The van der Waals surface area contributed by atoms with E-state index in [9.17, 15) is 24.3 Å². The van der Waals surface area contributed by atoms with Crippen molar-refractivity contribution in [2.24, 2.45) is 17.8 Å². The van der Waals surface area contributed by atoms with Crippen molar-refractivity contribution < 1.29 is 48.0 Å². The lowest BCUT2D eigenvalue weighted by Crippen LogP contribution is -2.60. The van der Waals surface area contributed by atoms with E-state index in [4.69, 9.17) is 23.7 Å². The van der Waals surface area contributed by atoms with E-state index >= 15 is 0 Å². The number of hydrogen-bond donors (Lipinski definition) is 1. The molecule has 47 heavy (non-hydrogen) atoms. The first-order chi connectivity index (χ1) is 22.0. The molecule has 3 rings (SSSR count). The van der Waals surface area contributed by atoms with Crippen LogP contribution in [-0.4, -0.2) is 103 Å². The van der Waals surface area contributed by atoms with E-state index in [0.717, 1.165) is 0 Å². The number of likely N-dealkylation sites (N-methyl/N-ethyl adjacent to an activating group) is 1. The van der Waals surface area contributed by atoms with Crippen molar-refractivity contribution in [3.63, 3.8) is 0 Å². The molecule has 1 fully saturated rings. The van der Waals surface area contributed by atoms with Crippen molar-refractivity contribution in [2.75, 3.05) is 21.2 Å². The van der Waals surface area contributed by atoms with Gasteiger partial charge in [0.15, 0.2) is 24.0 Å². The number of aliphatic hydroxyl groups excluding tert-OH is 1. The molecular weight excluding hydrogens is 606 g/mol. The fourth-order valence-electron chi connectivity index (χ4n) is 6.62. The van der Waals surface area contributed by atoms with E-state index in [2.05, 4.69) is 0 Å². The zero-order valence-electron chi connectivity index (χ0n) is 29.4. The van der Waals surface area contributed by atoms with Crippen molar-refractivity contribution in [2.45, 2.75) is 116 Å². The lowest BCUT2D eigenvalue weighted by Gasteiger charge is -2.47. The Morgan fingerprint density at radius 2 is 1.72 bits per heavy atom. The smallest absolute Gasteiger partial charge is 0.338 e. The molecule has 0 radical (unpaired) electrons. The average molecular weight is 660 g/mol. The fraction of sp³-hybridized carbons (Fsp3) is 0.667. The summed E-state index contributed by atoms with van der Waals surface area (Å²) in [4.78, 5) is 56.1. The quantitative estimate of drug-likeness (QED) is 0.334. The molecule has 0 aromatic heterocycles. The van der Waals surface area contributed by atoms with Crippen LogP contribution in [0.4, 0.5) is 0 Å². The predicted octanol–water partition coefficient (Wildman–Crippen LogP) is 4.15. The maximum atomic E-state index is 14.0. The summed E-state index contributed by atoms with van der Waals surface area (Å²) in [6, 6.07) is 8.32. The Labute approximate surface area is 278 Å². The van der Waals surface area contributed by atoms with Gasteiger partial charge in [0.25, 0.3) is 0 Å². The number of aliphatic hydroxyl groups is 1. The van der Waals surface area contributed by atoms with Gasteiger partial charge < -0.3 is 33.7 Å². The first kappa shape index (κ1) is 38.5. The van der Waals surface area contributed by atoms with Crippen LogP contribution in [0, 0.1) is 17.8 Å². The van der Waals surface area contributed by atoms with Crippen LogP contribution in [-0.2, 0) is 38.1 Å². The third-order valence-electron chi connectivity index (χ3n) is 9.55. The summed E-state index contributed by atoms with van der Waals surface area (Å²) in [5, 5.41) is 10.8. The Bertz CT molecular complexity index is 1280. The zero-order valence-corrected chi connectivity index (χ0v) is 29.4. The molecule has 1 unspecified atom stereocenters. The normalized spacial score (nSPS) is 37.4. The number of ketones is 2. The van der Waals surface area contributed by atoms with E-state index < -0.39 is 71.8 Å². The highest BCUT2D eigenvalue weighted by Gasteiger charge is 2.50. The van der Waals surface area contributed by atoms with Crippen molar-refractivity contribution >= 4 is 23.5 Å². The van der Waals surface area contributed by atoms with Crippen LogP contribution in [0.1, 0.15) is 78.1 Å². The SMILES string of the molecule is CC[C@H]1OC(=O)[C@H](C)C(=O)[C@H](C)[C@@H](OC2O[C@H](C)C[C@H](N(C)C)[C@H]2OC(=O)c2ccccc2)[C@@](C)(OC)C[C@@H](C)C(=O)/C(C)=C/[C@@H]1O. The Hall–Kier alpha value is -2.96.